The lowest BCUT2D eigenvalue weighted by molar-refractivity contribution is -0.385. The molecule has 0 heterocycles. The van der Waals surface area contributed by atoms with Crippen molar-refractivity contribution < 1.29 is 14.5 Å². The topological polar surface area (TPSA) is 93.8 Å². The number of hydrogen-bond acceptors (Lipinski definition) is 5. The molecular weight excluding hydrogens is 474 g/mol. The Hall–Kier alpha value is -2.74. The highest BCUT2D eigenvalue weighted by molar-refractivity contribution is 9.10. The Balaban J connectivity index is 2.09. The fourth-order valence-corrected chi connectivity index (χ4v) is 4.13. The van der Waals surface area contributed by atoms with E-state index in [4.69, 9.17) is 4.74 Å². The van der Waals surface area contributed by atoms with Gasteiger partial charge in [0.05, 0.1) is 10.6 Å². The molecule has 172 valence electrons. The van der Waals surface area contributed by atoms with E-state index in [0.29, 0.717) is 5.71 Å². The number of ether oxygens (including phenoxy) is 1. The van der Waals surface area contributed by atoms with Crippen LogP contribution in [0.15, 0.2) is 52.0 Å². The van der Waals surface area contributed by atoms with Crippen LogP contribution >= 0.6 is 15.9 Å². The molecule has 2 aromatic carbocycles. The molecule has 0 unspecified atom stereocenters. The zero-order valence-corrected chi connectivity index (χ0v) is 20.9. The smallest absolute Gasteiger partial charge is 0.311 e. The van der Waals surface area contributed by atoms with Gasteiger partial charge in [-0.2, -0.15) is 5.10 Å². The lowest BCUT2D eigenvalue weighted by atomic mass is 9.72. The third kappa shape index (κ3) is 7.44. The minimum Gasteiger partial charge on any atom is -0.477 e. The Morgan fingerprint density at radius 1 is 1.16 bits per heavy atom. The molecule has 2 rings (SSSR count). The average Bonchev–Trinajstić information content (AvgIpc) is 2.68. The van der Waals surface area contributed by atoms with Crippen LogP contribution in [0.3, 0.4) is 0 Å². The maximum atomic E-state index is 12.2. The van der Waals surface area contributed by atoms with Crippen molar-refractivity contribution in [1.82, 2.24) is 5.43 Å². The summed E-state index contributed by atoms with van der Waals surface area (Å²) in [5, 5.41) is 15.7. The molecular formula is C24H30BrN3O4. The van der Waals surface area contributed by atoms with Gasteiger partial charge in [-0.15, -0.1) is 0 Å². The van der Waals surface area contributed by atoms with Gasteiger partial charge in [0.25, 0.3) is 5.91 Å². The molecule has 1 N–H and O–H groups in total. The molecule has 0 saturated heterocycles. The first kappa shape index (κ1) is 25.5. The van der Waals surface area contributed by atoms with Crippen LogP contribution in [-0.2, 0) is 10.2 Å². The molecule has 0 aliphatic rings. The molecule has 0 saturated carbocycles. The van der Waals surface area contributed by atoms with Crippen LogP contribution in [0.5, 0.6) is 5.75 Å². The first-order valence-corrected chi connectivity index (χ1v) is 11.1. The maximum absolute atomic E-state index is 12.2. The number of rotatable bonds is 8. The molecule has 0 radical (unpaired) electrons. The number of nitro benzene ring substituents is 1. The van der Waals surface area contributed by atoms with E-state index in [1.165, 1.54) is 6.07 Å². The molecule has 0 aromatic heterocycles. The Bertz CT molecular complexity index is 1030. The minimum atomic E-state index is -0.509. The van der Waals surface area contributed by atoms with Crippen molar-refractivity contribution in [3.05, 3.63) is 68.2 Å². The quantitative estimate of drug-likeness (QED) is 0.272. The lowest BCUT2D eigenvalue weighted by Crippen LogP contribution is -2.26. The van der Waals surface area contributed by atoms with Crippen molar-refractivity contribution in [2.24, 2.45) is 10.5 Å². The number of carbonyl (C=O) groups is 1. The average molecular weight is 504 g/mol. The fraction of sp³-hybridized carbons (Fsp3) is 0.417. The highest BCUT2D eigenvalue weighted by Crippen LogP contribution is 2.39. The van der Waals surface area contributed by atoms with Gasteiger partial charge in [-0.1, -0.05) is 68.7 Å². The molecule has 0 aliphatic heterocycles. The van der Waals surface area contributed by atoms with Crippen molar-refractivity contribution in [3.63, 3.8) is 0 Å². The molecule has 8 heteroatoms. The van der Waals surface area contributed by atoms with E-state index in [1.54, 1.807) is 13.0 Å². The zero-order valence-electron chi connectivity index (χ0n) is 19.4. The normalized spacial score (nSPS) is 12.4. The molecule has 0 spiro atoms. The van der Waals surface area contributed by atoms with Gasteiger partial charge in [0.15, 0.2) is 12.4 Å². The second-order valence-corrected chi connectivity index (χ2v) is 10.5. The maximum Gasteiger partial charge on any atom is 0.311 e. The summed E-state index contributed by atoms with van der Waals surface area (Å²) in [6, 6.07) is 12.4. The van der Waals surface area contributed by atoms with Crippen molar-refractivity contribution in [3.8, 4) is 5.75 Å². The highest BCUT2D eigenvalue weighted by Gasteiger charge is 2.29. The number of nitrogens with zero attached hydrogens (tertiary/aromatic N) is 2. The summed E-state index contributed by atoms with van der Waals surface area (Å²) < 4.78 is 6.36. The van der Waals surface area contributed by atoms with Gasteiger partial charge in [0.1, 0.15) is 0 Å². The molecule has 0 bridgehead atoms. The second kappa shape index (κ2) is 10.3. The van der Waals surface area contributed by atoms with Crippen molar-refractivity contribution in [2.75, 3.05) is 6.61 Å². The van der Waals surface area contributed by atoms with Crippen LogP contribution in [0.4, 0.5) is 5.69 Å². The fourth-order valence-electron chi connectivity index (χ4n) is 3.73. The Morgan fingerprint density at radius 2 is 1.84 bits per heavy atom. The predicted molar refractivity (Wildman–Crippen MR) is 130 cm³/mol. The van der Waals surface area contributed by atoms with Gasteiger partial charge in [0.2, 0.25) is 0 Å². The summed E-state index contributed by atoms with van der Waals surface area (Å²) in [6.45, 7) is 11.9. The van der Waals surface area contributed by atoms with Crippen molar-refractivity contribution >= 4 is 33.2 Å². The largest absolute Gasteiger partial charge is 0.477 e. The Labute approximate surface area is 197 Å². The molecule has 0 aliphatic carbocycles. The predicted octanol–water partition coefficient (Wildman–Crippen LogP) is 5.99. The van der Waals surface area contributed by atoms with Gasteiger partial charge < -0.3 is 4.74 Å². The van der Waals surface area contributed by atoms with Gasteiger partial charge >= 0.3 is 5.69 Å². The zero-order chi connectivity index (χ0) is 24.1. The minimum absolute atomic E-state index is 0.0492. The monoisotopic (exact) mass is 503 g/mol. The van der Waals surface area contributed by atoms with Crippen molar-refractivity contribution in [1.29, 1.82) is 0 Å². The number of benzene rings is 2. The standard InChI is InChI=1S/C24H30BrN3O4/c1-16(17-8-7-9-19(25)12-17)26-27-22(29)14-32-21-11-10-18(13-20(21)28(30)31)24(5,6)15-23(2,3)4/h7-13H,14-15H2,1-6H3,(H,27,29)/b26-16+. The number of halogens is 1. The van der Waals surface area contributed by atoms with E-state index < -0.39 is 10.8 Å². The highest BCUT2D eigenvalue weighted by atomic mass is 79.9. The summed E-state index contributed by atoms with van der Waals surface area (Å²) in [6.07, 6.45) is 0.856. The summed E-state index contributed by atoms with van der Waals surface area (Å²) in [5.74, 6) is -0.459. The third-order valence-corrected chi connectivity index (χ3v) is 5.35. The Morgan fingerprint density at radius 3 is 2.44 bits per heavy atom. The van der Waals surface area contributed by atoms with E-state index >= 15 is 0 Å². The van der Waals surface area contributed by atoms with Gasteiger partial charge in [-0.3, -0.25) is 14.9 Å². The summed E-state index contributed by atoms with van der Waals surface area (Å²) >= 11 is 3.39. The number of hydrazone groups is 1. The first-order chi connectivity index (χ1) is 14.8. The first-order valence-electron chi connectivity index (χ1n) is 10.3. The molecule has 0 atom stereocenters. The van der Waals surface area contributed by atoms with Crippen LogP contribution in [0.25, 0.3) is 0 Å². The van der Waals surface area contributed by atoms with E-state index in [2.05, 4.69) is 61.1 Å². The number of amides is 1. The van der Waals surface area contributed by atoms with Crippen LogP contribution in [0, 0.1) is 15.5 Å². The molecule has 32 heavy (non-hydrogen) atoms. The van der Waals surface area contributed by atoms with Crippen molar-refractivity contribution in [2.45, 2.75) is 53.4 Å². The van der Waals surface area contributed by atoms with E-state index in [-0.39, 0.29) is 28.9 Å². The molecule has 2 aromatic rings. The number of hydrogen-bond donors (Lipinski definition) is 1. The van der Waals surface area contributed by atoms with Gasteiger partial charge in [-0.25, -0.2) is 5.43 Å². The van der Waals surface area contributed by atoms with Crippen LogP contribution in [0.2, 0.25) is 0 Å². The van der Waals surface area contributed by atoms with Crippen LogP contribution < -0.4 is 10.2 Å². The SMILES string of the molecule is C/C(=N\NC(=O)COc1ccc(C(C)(C)CC(C)(C)C)cc1[N+](=O)[O-])c1cccc(Br)c1. The number of nitrogens with one attached hydrogen (secondary N) is 1. The summed E-state index contributed by atoms with van der Waals surface area (Å²) in [7, 11) is 0. The molecule has 7 nitrogen and oxygen atoms in total. The number of carbonyl (C=O) groups excluding carboxylic acids is 1. The second-order valence-electron chi connectivity index (χ2n) is 9.59. The lowest BCUT2D eigenvalue weighted by Gasteiger charge is -2.33. The number of nitro groups is 1. The van der Waals surface area contributed by atoms with Gasteiger partial charge in [-0.05, 0) is 53.5 Å². The third-order valence-electron chi connectivity index (χ3n) is 4.86. The van der Waals surface area contributed by atoms with E-state index in [0.717, 1.165) is 22.0 Å². The van der Waals surface area contributed by atoms with Crippen LogP contribution in [-0.4, -0.2) is 23.1 Å². The molecule has 0 fully saturated rings. The Kier molecular flexibility index (Phi) is 8.18. The molecule has 1 amide bonds. The van der Waals surface area contributed by atoms with E-state index in [9.17, 15) is 14.9 Å². The van der Waals surface area contributed by atoms with E-state index in [1.807, 2.05) is 30.3 Å². The summed E-state index contributed by atoms with van der Waals surface area (Å²) in [4.78, 5) is 23.3. The van der Waals surface area contributed by atoms with Crippen LogP contribution in [0.1, 0.15) is 59.1 Å². The van der Waals surface area contributed by atoms with Gasteiger partial charge in [0, 0.05) is 10.5 Å². The summed E-state index contributed by atoms with van der Waals surface area (Å²) in [5.41, 5.74) is 4.40.